The Bertz CT molecular complexity index is 360. The average Bonchev–Trinajstić information content (AvgIpc) is 2.27. The first-order chi connectivity index (χ1) is 8.40. The van der Waals surface area contributed by atoms with Gasteiger partial charge in [0, 0.05) is 26.2 Å². The number of nitrogens with zero attached hydrogens (tertiary/aromatic N) is 6. The van der Waals surface area contributed by atoms with E-state index in [1.807, 2.05) is 0 Å². The second-order valence-corrected chi connectivity index (χ2v) is 3.37. The van der Waals surface area contributed by atoms with Gasteiger partial charge in [-0.3, -0.25) is 0 Å². The van der Waals surface area contributed by atoms with Crippen molar-refractivity contribution in [3.05, 3.63) is 20.2 Å². The standard InChI is InChI=1S/C6H12N8O4/c7-5(9-13(15)16)11-1-2-12(4-3-11)6(8)10-14(17)18/h1-4H2,(H2,7,9)(H2,8,10). The number of hydrogen-bond acceptors (Lipinski definition) is 4. The summed E-state index contributed by atoms with van der Waals surface area (Å²) in [6.07, 6.45) is 0. The van der Waals surface area contributed by atoms with Crippen molar-refractivity contribution in [2.45, 2.75) is 0 Å². The number of nitro groups is 2. The van der Waals surface area contributed by atoms with Crippen LogP contribution in [0.5, 0.6) is 0 Å². The van der Waals surface area contributed by atoms with Gasteiger partial charge in [0.15, 0.2) is 10.1 Å². The van der Waals surface area contributed by atoms with E-state index in [4.69, 9.17) is 11.5 Å². The largest absolute Gasteiger partial charge is 0.365 e. The summed E-state index contributed by atoms with van der Waals surface area (Å²) in [5.41, 5.74) is 10.8. The molecule has 0 unspecified atom stereocenters. The van der Waals surface area contributed by atoms with Crippen molar-refractivity contribution in [1.29, 1.82) is 0 Å². The fourth-order valence-corrected chi connectivity index (χ4v) is 1.46. The average molecular weight is 260 g/mol. The maximum Gasteiger partial charge on any atom is 0.268 e. The summed E-state index contributed by atoms with van der Waals surface area (Å²) in [6, 6.07) is 0. The highest BCUT2D eigenvalue weighted by Gasteiger charge is 2.22. The molecule has 0 saturated carbocycles. The highest BCUT2D eigenvalue weighted by Crippen LogP contribution is 2.01. The van der Waals surface area contributed by atoms with Gasteiger partial charge < -0.3 is 21.3 Å². The predicted molar refractivity (Wildman–Crippen MR) is 60.4 cm³/mol. The molecule has 1 heterocycles. The van der Waals surface area contributed by atoms with Crippen LogP contribution in [0.15, 0.2) is 10.2 Å². The van der Waals surface area contributed by atoms with Gasteiger partial charge in [0.25, 0.3) is 11.9 Å². The Morgan fingerprint density at radius 1 is 0.889 bits per heavy atom. The van der Waals surface area contributed by atoms with Gasteiger partial charge in [0.2, 0.25) is 0 Å². The molecular formula is C6H12N8O4. The summed E-state index contributed by atoms with van der Waals surface area (Å²) in [5, 5.41) is 24.4. The third-order valence-corrected chi connectivity index (χ3v) is 2.30. The Hall–Kier alpha value is -2.66. The van der Waals surface area contributed by atoms with Crippen LogP contribution in [-0.2, 0) is 0 Å². The first-order valence-corrected chi connectivity index (χ1v) is 4.87. The van der Waals surface area contributed by atoms with Crippen LogP contribution in [0.3, 0.4) is 0 Å². The molecule has 1 saturated heterocycles. The van der Waals surface area contributed by atoms with Gasteiger partial charge in [-0.1, -0.05) is 0 Å². The lowest BCUT2D eigenvalue weighted by atomic mass is 10.3. The van der Waals surface area contributed by atoms with Gasteiger partial charge in [0.1, 0.15) is 10.2 Å². The van der Waals surface area contributed by atoms with Crippen LogP contribution in [0.1, 0.15) is 0 Å². The van der Waals surface area contributed by atoms with Gasteiger partial charge >= 0.3 is 0 Å². The van der Waals surface area contributed by atoms with Crippen molar-refractivity contribution in [2.75, 3.05) is 26.2 Å². The molecule has 0 aromatic carbocycles. The Labute approximate surface area is 101 Å². The lowest BCUT2D eigenvalue weighted by Crippen LogP contribution is -2.54. The highest BCUT2D eigenvalue weighted by atomic mass is 16.7. The van der Waals surface area contributed by atoms with E-state index in [1.54, 1.807) is 0 Å². The van der Waals surface area contributed by atoms with Crippen molar-refractivity contribution in [1.82, 2.24) is 9.80 Å². The Morgan fingerprint density at radius 3 is 1.39 bits per heavy atom. The number of nitrogens with two attached hydrogens (primary N) is 2. The third kappa shape index (κ3) is 3.73. The van der Waals surface area contributed by atoms with E-state index in [-0.39, 0.29) is 11.9 Å². The summed E-state index contributed by atoms with van der Waals surface area (Å²) in [6.45, 7) is 1.27. The maximum atomic E-state index is 10.1. The molecule has 0 amide bonds. The zero-order chi connectivity index (χ0) is 13.7. The molecule has 0 aromatic rings. The third-order valence-electron chi connectivity index (χ3n) is 2.30. The fraction of sp³-hybridized carbons (Fsp3) is 0.667. The first kappa shape index (κ1) is 13.4. The number of hydrogen-bond donors (Lipinski definition) is 2. The minimum absolute atomic E-state index is 0.204. The zero-order valence-corrected chi connectivity index (χ0v) is 9.30. The number of rotatable bonds is 2. The molecule has 1 rings (SSSR count). The molecule has 1 aliphatic rings. The lowest BCUT2D eigenvalue weighted by Gasteiger charge is -2.33. The van der Waals surface area contributed by atoms with E-state index in [9.17, 15) is 20.2 Å². The molecular weight excluding hydrogens is 248 g/mol. The smallest absolute Gasteiger partial charge is 0.268 e. The van der Waals surface area contributed by atoms with E-state index in [0.29, 0.717) is 26.2 Å². The monoisotopic (exact) mass is 260 g/mol. The summed E-state index contributed by atoms with van der Waals surface area (Å²) in [4.78, 5) is 23.2. The molecule has 0 radical (unpaired) electrons. The van der Waals surface area contributed by atoms with Crippen molar-refractivity contribution in [3.8, 4) is 0 Å². The second-order valence-electron chi connectivity index (χ2n) is 3.37. The SMILES string of the molecule is NC(=N[N+](=O)[O-])N1CCN(C(N)=N[N+](=O)[O-])CC1. The number of hydrazone groups is 2. The fourth-order valence-electron chi connectivity index (χ4n) is 1.46. The van der Waals surface area contributed by atoms with E-state index in [2.05, 4.69) is 10.2 Å². The molecule has 0 spiro atoms. The number of piperazine rings is 1. The molecule has 1 aliphatic heterocycles. The van der Waals surface area contributed by atoms with Crippen LogP contribution in [0.2, 0.25) is 0 Å². The second kappa shape index (κ2) is 5.60. The van der Waals surface area contributed by atoms with E-state index in [0.717, 1.165) is 0 Å². The summed E-state index contributed by atoms with van der Waals surface area (Å²) in [5.74, 6) is -0.408. The predicted octanol–water partition coefficient (Wildman–Crippen LogP) is -2.38. The number of guanidine groups is 2. The minimum Gasteiger partial charge on any atom is -0.365 e. The molecule has 0 aromatic heterocycles. The molecule has 0 atom stereocenters. The van der Waals surface area contributed by atoms with E-state index >= 15 is 0 Å². The van der Waals surface area contributed by atoms with Crippen molar-refractivity contribution >= 4 is 11.9 Å². The van der Waals surface area contributed by atoms with Crippen LogP contribution in [0, 0.1) is 20.2 Å². The van der Waals surface area contributed by atoms with Crippen LogP contribution in [-0.4, -0.2) is 58.0 Å². The molecule has 18 heavy (non-hydrogen) atoms. The van der Waals surface area contributed by atoms with Crippen molar-refractivity contribution in [3.63, 3.8) is 0 Å². The summed E-state index contributed by atoms with van der Waals surface area (Å²) < 4.78 is 0. The topological polar surface area (TPSA) is 170 Å². The molecule has 0 bridgehead atoms. The summed E-state index contributed by atoms with van der Waals surface area (Å²) >= 11 is 0. The lowest BCUT2D eigenvalue weighted by molar-refractivity contribution is -0.486. The van der Waals surface area contributed by atoms with Crippen LogP contribution < -0.4 is 11.5 Å². The van der Waals surface area contributed by atoms with Crippen molar-refractivity contribution < 1.29 is 10.1 Å². The molecule has 0 aliphatic carbocycles. The van der Waals surface area contributed by atoms with Gasteiger partial charge in [-0.25, -0.2) is 20.2 Å². The Balaban J connectivity index is 2.56. The maximum absolute atomic E-state index is 10.1. The van der Waals surface area contributed by atoms with Gasteiger partial charge in [-0.15, -0.1) is 0 Å². The molecule has 4 N–H and O–H groups in total. The Morgan fingerprint density at radius 2 is 1.17 bits per heavy atom. The van der Waals surface area contributed by atoms with Gasteiger partial charge in [-0.2, -0.15) is 0 Å². The van der Waals surface area contributed by atoms with Crippen molar-refractivity contribution in [2.24, 2.45) is 21.7 Å². The first-order valence-electron chi connectivity index (χ1n) is 4.87. The quantitative estimate of drug-likeness (QED) is 0.240. The molecule has 100 valence electrons. The summed E-state index contributed by atoms with van der Waals surface area (Å²) in [7, 11) is 0. The minimum atomic E-state index is -0.885. The molecule has 1 fully saturated rings. The normalized spacial score (nSPS) is 17.8. The molecule has 12 heteroatoms. The van der Waals surface area contributed by atoms with Crippen LogP contribution in [0.25, 0.3) is 0 Å². The van der Waals surface area contributed by atoms with Crippen LogP contribution >= 0.6 is 0 Å². The highest BCUT2D eigenvalue weighted by molar-refractivity contribution is 5.79. The van der Waals surface area contributed by atoms with Gasteiger partial charge in [-0.05, 0) is 0 Å². The molecule has 12 nitrogen and oxygen atoms in total. The van der Waals surface area contributed by atoms with E-state index in [1.165, 1.54) is 9.80 Å². The zero-order valence-electron chi connectivity index (χ0n) is 9.30. The Kier molecular flexibility index (Phi) is 4.17. The van der Waals surface area contributed by atoms with Gasteiger partial charge in [0.05, 0.1) is 0 Å². The van der Waals surface area contributed by atoms with E-state index < -0.39 is 10.1 Å². The van der Waals surface area contributed by atoms with Crippen LogP contribution in [0.4, 0.5) is 0 Å².